The van der Waals surface area contributed by atoms with Gasteiger partial charge in [-0.3, -0.25) is 0 Å². The van der Waals surface area contributed by atoms with Gasteiger partial charge in [-0.05, 0) is 29.8 Å². The molecule has 0 aliphatic carbocycles. The molecule has 1 heterocycles. The van der Waals surface area contributed by atoms with E-state index in [1.165, 1.54) is 0 Å². The van der Waals surface area contributed by atoms with E-state index in [9.17, 15) is 4.39 Å². The molecule has 18 heavy (non-hydrogen) atoms. The van der Waals surface area contributed by atoms with E-state index in [-0.39, 0.29) is 6.42 Å². The van der Waals surface area contributed by atoms with Gasteiger partial charge in [0.05, 0.1) is 28.2 Å². The number of aromatic nitrogens is 1. The first kappa shape index (κ1) is 12.8. The number of nitriles is 1. The van der Waals surface area contributed by atoms with E-state index in [1.54, 1.807) is 30.3 Å². The molecule has 2 aromatic rings. The summed E-state index contributed by atoms with van der Waals surface area (Å²) in [6.07, 6.45) is 0.0819. The van der Waals surface area contributed by atoms with E-state index in [2.05, 4.69) is 4.98 Å². The van der Waals surface area contributed by atoms with E-state index in [0.717, 1.165) is 0 Å². The van der Waals surface area contributed by atoms with Crippen LogP contribution in [0.4, 0.5) is 4.39 Å². The molecule has 0 bridgehead atoms. The first-order valence-electron chi connectivity index (χ1n) is 5.09. The van der Waals surface area contributed by atoms with Gasteiger partial charge in [-0.15, -0.1) is 0 Å². The molecule has 0 aliphatic rings. The summed E-state index contributed by atoms with van der Waals surface area (Å²) in [7, 11) is 0. The number of nitrogens with zero attached hydrogens (tertiary/aromatic N) is 2. The zero-order valence-electron chi connectivity index (χ0n) is 9.12. The molecule has 0 unspecified atom stereocenters. The second kappa shape index (κ2) is 5.34. The Hall–Kier alpha value is -1.63. The molecule has 2 nitrogen and oxygen atoms in total. The van der Waals surface area contributed by atoms with Crippen LogP contribution in [0.5, 0.6) is 0 Å². The average molecular weight is 281 g/mol. The van der Waals surface area contributed by atoms with E-state index in [1.807, 2.05) is 6.07 Å². The highest BCUT2D eigenvalue weighted by molar-refractivity contribution is 6.42. The monoisotopic (exact) mass is 280 g/mol. The van der Waals surface area contributed by atoms with Gasteiger partial charge in [0.15, 0.2) is 0 Å². The minimum absolute atomic E-state index is 0.0819. The van der Waals surface area contributed by atoms with Crippen molar-refractivity contribution in [1.82, 2.24) is 4.98 Å². The summed E-state index contributed by atoms with van der Waals surface area (Å²) in [6.45, 7) is 0. The number of pyridine rings is 1. The molecule has 90 valence electrons. The molecule has 1 aromatic heterocycles. The lowest BCUT2D eigenvalue weighted by molar-refractivity contribution is 0.582. The zero-order chi connectivity index (χ0) is 13.1. The molecular formula is C13H7Cl2FN2. The summed E-state index contributed by atoms with van der Waals surface area (Å²) >= 11 is 11.7. The standard InChI is InChI=1S/C13H7Cl2FN2/c14-11-4-1-8(7-12(11)15)10-3-2-9(5-6-17)18-13(10)16/h1-4,7H,5H2. The highest BCUT2D eigenvalue weighted by Gasteiger charge is 2.09. The molecule has 0 radical (unpaired) electrons. The Balaban J connectivity index is 2.45. The van der Waals surface area contributed by atoms with Gasteiger partial charge < -0.3 is 0 Å². The van der Waals surface area contributed by atoms with Crippen LogP contribution >= 0.6 is 23.2 Å². The van der Waals surface area contributed by atoms with E-state index < -0.39 is 5.95 Å². The van der Waals surface area contributed by atoms with Crippen LogP contribution in [0.1, 0.15) is 5.69 Å². The van der Waals surface area contributed by atoms with Crippen molar-refractivity contribution in [2.75, 3.05) is 0 Å². The van der Waals surface area contributed by atoms with Crippen molar-refractivity contribution in [2.45, 2.75) is 6.42 Å². The van der Waals surface area contributed by atoms with Gasteiger partial charge >= 0.3 is 0 Å². The average Bonchev–Trinajstić information content (AvgIpc) is 2.34. The van der Waals surface area contributed by atoms with Crippen molar-refractivity contribution in [3.63, 3.8) is 0 Å². The Labute approximate surface area is 114 Å². The van der Waals surface area contributed by atoms with E-state index >= 15 is 0 Å². The summed E-state index contributed by atoms with van der Waals surface area (Å²) in [4.78, 5) is 3.73. The van der Waals surface area contributed by atoms with Crippen LogP contribution in [0, 0.1) is 17.3 Å². The Morgan fingerprint density at radius 2 is 1.94 bits per heavy atom. The fraction of sp³-hybridized carbons (Fsp3) is 0.0769. The molecule has 5 heteroatoms. The van der Waals surface area contributed by atoms with Crippen LogP contribution < -0.4 is 0 Å². The fourth-order valence-electron chi connectivity index (χ4n) is 1.53. The number of benzene rings is 1. The third-order valence-corrected chi connectivity index (χ3v) is 3.14. The molecule has 0 N–H and O–H groups in total. The van der Waals surface area contributed by atoms with Crippen LogP contribution in [0.15, 0.2) is 30.3 Å². The van der Waals surface area contributed by atoms with Gasteiger partial charge in [-0.2, -0.15) is 9.65 Å². The number of hydrogen-bond donors (Lipinski definition) is 0. The van der Waals surface area contributed by atoms with Gasteiger partial charge in [0.1, 0.15) is 0 Å². The lowest BCUT2D eigenvalue weighted by Gasteiger charge is -2.05. The molecular weight excluding hydrogens is 274 g/mol. The largest absolute Gasteiger partial charge is 0.223 e. The summed E-state index contributed by atoms with van der Waals surface area (Å²) in [5.41, 5.74) is 1.33. The lowest BCUT2D eigenvalue weighted by atomic mass is 10.1. The Kier molecular flexibility index (Phi) is 3.81. The second-order valence-corrected chi connectivity index (χ2v) is 4.42. The van der Waals surface area contributed by atoms with Crippen LogP contribution in [0.3, 0.4) is 0 Å². The van der Waals surface area contributed by atoms with Gasteiger partial charge in [0.2, 0.25) is 5.95 Å². The highest BCUT2D eigenvalue weighted by atomic mass is 35.5. The SMILES string of the molecule is N#CCc1ccc(-c2ccc(Cl)c(Cl)c2)c(F)n1. The molecule has 0 amide bonds. The minimum Gasteiger partial charge on any atom is -0.223 e. The molecule has 0 saturated heterocycles. The van der Waals surface area contributed by atoms with Crippen LogP contribution in [-0.4, -0.2) is 4.98 Å². The fourth-order valence-corrected chi connectivity index (χ4v) is 1.83. The summed E-state index contributed by atoms with van der Waals surface area (Å²) in [6, 6.07) is 9.95. The number of rotatable bonds is 2. The third-order valence-electron chi connectivity index (χ3n) is 2.40. The summed E-state index contributed by atoms with van der Waals surface area (Å²) < 4.78 is 13.8. The number of hydrogen-bond acceptors (Lipinski definition) is 2. The molecule has 0 saturated carbocycles. The van der Waals surface area contributed by atoms with E-state index in [4.69, 9.17) is 28.5 Å². The Morgan fingerprint density at radius 3 is 2.56 bits per heavy atom. The molecule has 0 aliphatic heterocycles. The molecule has 0 spiro atoms. The van der Waals surface area contributed by atoms with Crippen molar-refractivity contribution < 1.29 is 4.39 Å². The third kappa shape index (κ3) is 2.61. The summed E-state index contributed by atoms with van der Waals surface area (Å²) in [5.74, 6) is -0.624. The van der Waals surface area contributed by atoms with Gasteiger partial charge in [-0.1, -0.05) is 29.3 Å². The van der Waals surface area contributed by atoms with Crippen molar-refractivity contribution >= 4 is 23.2 Å². The highest BCUT2D eigenvalue weighted by Crippen LogP contribution is 2.29. The van der Waals surface area contributed by atoms with Crippen molar-refractivity contribution in [3.8, 4) is 17.2 Å². The van der Waals surface area contributed by atoms with E-state index in [0.29, 0.717) is 26.9 Å². The first-order valence-corrected chi connectivity index (χ1v) is 5.85. The van der Waals surface area contributed by atoms with Crippen LogP contribution in [-0.2, 0) is 6.42 Å². The predicted octanol–water partition coefficient (Wildman–Crippen LogP) is 4.26. The van der Waals surface area contributed by atoms with Crippen LogP contribution in [0.25, 0.3) is 11.1 Å². The van der Waals surface area contributed by atoms with Crippen molar-refractivity contribution in [1.29, 1.82) is 5.26 Å². The molecule has 0 fully saturated rings. The van der Waals surface area contributed by atoms with Gasteiger partial charge in [-0.25, -0.2) is 4.98 Å². The van der Waals surface area contributed by atoms with Gasteiger partial charge in [0.25, 0.3) is 0 Å². The van der Waals surface area contributed by atoms with Gasteiger partial charge in [0, 0.05) is 5.56 Å². The van der Waals surface area contributed by atoms with Crippen molar-refractivity contribution in [3.05, 3.63) is 52.0 Å². The smallest absolute Gasteiger partial charge is 0.221 e. The summed E-state index contributed by atoms with van der Waals surface area (Å²) in [5, 5.41) is 9.29. The predicted molar refractivity (Wildman–Crippen MR) is 69.0 cm³/mol. The number of halogens is 3. The molecule has 2 rings (SSSR count). The minimum atomic E-state index is -0.624. The second-order valence-electron chi connectivity index (χ2n) is 3.60. The maximum absolute atomic E-state index is 13.8. The first-order chi connectivity index (χ1) is 8.61. The molecule has 1 aromatic carbocycles. The maximum atomic E-state index is 13.8. The van der Waals surface area contributed by atoms with Crippen LogP contribution in [0.2, 0.25) is 10.0 Å². The quantitative estimate of drug-likeness (QED) is 0.771. The molecule has 0 atom stereocenters. The Bertz CT molecular complexity index is 635. The maximum Gasteiger partial charge on any atom is 0.221 e. The normalized spacial score (nSPS) is 10.1. The van der Waals surface area contributed by atoms with Crippen molar-refractivity contribution in [2.24, 2.45) is 0 Å². The Morgan fingerprint density at radius 1 is 1.17 bits per heavy atom. The topological polar surface area (TPSA) is 36.7 Å². The zero-order valence-corrected chi connectivity index (χ0v) is 10.6. The lowest BCUT2D eigenvalue weighted by Crippen LogP contribution is -1.94.